The van der Waals surface area contributed by atoms with Crippen molar-refractivity contribution in [2.75, 3.05) is 11.9 Å². The van der Waals surface area contributed by atoms with E-state index in [4.69, 9.17) is 0 Å². The number of aromatic nitrogens is 1. The van der Waals surface area contributed by atoms with E-state index in [1.807, 2.05) is 0 Å². The van der Waals surface area contributed by atoms with Gasteiger partial charge in [-0.25, -0.2) is 0 Å². The van der Waals surface area contributed by atoms with Crippen molar-refractivity contribution in [2.45, 2.75) is 32.1 Å². The molecule has 1 aromatic carbocycles. The van der Waals surface area contributed by atoms with Crippen LogP contribution in [0.4, 0.5) is 5.69 Å². The van der Waals surface area contributed by atoms with Crippen molar-refractivity contribution in [2.24, 2.45) is 17.8 Å². The zero-order chi connectivity index (χ0) is 18.6. The van der Waals surface area contributed by atoms with Crippen molar-refractivity contribution in [3.8, 4) is 0 Å². The van der Waals surface area contributed by atoms with Gasteiger partial charge in [0.1, 0.15) is 0 Å². The van der Waals surface area contributed by atoms with Gasteiger partial charge < -0.3 is 10.6 Å². The summed E-state index contributed by atoms with van der Waals surface area (Å²) in [6.45, 7) is 0.721. The Morgan fingerprint density at radius 1 is 1.04 bits per heavy atom. The number of carbonyl (C=O) groups is 2. The number of amides is 2. The Bertz CT molecular complexity index is 821. The molecule has 2 bridgehead atoms. The van der Waals surface area contributed by atoms with Crippen LogP contribution in [0.1, 0.15) is 52.8 Å². The van der Waals surface area contributed by atoms with Crippen LogP contribution in [0, 0.1) is 17.8 Å². The van der Waals surface area contributed by atoms with E-state index in [2.05, 4.69) is 15.6 Å². The first-order chi connectivity index (χ1) is 13.2. The van der Waals surface area contributed by atoms with Gasteiger partial charge in [0, 0.05) is 30.2 Å². The Labute approximate surface area is 159 Å². The molecule has 4 rings (SSSR count). The lowest BCUT2D eigenvalue weighted by atomic mass is 9.86. The molecule has 2 aliphatic rings. The Morgan fingerprint density at radius 2 is 1.93 bits per heavy atom. The fraction of sp³-hybridized carbons (Fsp3) is 0.409. The van der Waals surface area contributed by atoms with Gasteiger partial charge in [0.2, 0.25) is 0 Å². The van der Waals surface area contributed by atoms with Crippen LogP contribution in [0.25, 0.3) is 0 Å². The van der Waals surface area contributed by atoms with E-state index in [1.54, 1.807) is 42.6 Å². The lowest BCUT2D eigenvalue weighted by Crippen LogP contribution is -2.27. The van der Waals surface area contributed by atoms with Gasteiger partial charge in [0.15, 0.2) is 0 Å². The van der Waals surface area contributed by atoms with Crippen LogP contribution in [0.5, 0.6) is 0 Å². The number of anilines is 1. The largest absolute Gasteiger partial charge is 0.352 e. The lowest BCUT2D eigenvalue weighted by Gasteiger charge is -2.21. The Balaban J connectivity index is 1.30. The van der Waals surface area contributed by atoms with Gasteiger partial charge in [-0.2, -0.15) is 0 Å². The fourth-order valence-corrected chi connectivity index (χ4v) is 4.64. The highest BCUT2D eigenvalue weighted by Crippen LogP contribution is 2.49. The molecule has 2 fully saturated rings. The number of fused-ring (bicyclic) bond motifs is 2. The fourth-order valence-electron chi connectivity index (χ4n) is 4.64. The molecular formula is C22H25N3O2. The molecule has 27 heavy (non-hydrogen) atoms. The number of benzene rings is 1. The average molecular weight is 363 g/mol. The molecular weight excluding hydrogens is 338 g/mol. The smallest absolute Gasteiger partial charge is 0.257 e. The van der Waals surface area contributed by atoms with Crippen LogP contribution < -0.4 is 10.6 Å². The van der Waals surface area contributed by atoms with E-state index < -0.39 is 0 Å². The van der Waals surface area contributed by atoms with E-state index in [9.17, 15) is 9.59 Å². The highest BCUT2D eigenvalue weighted by Gasteiger charge is 2.38. The summed E-state index contributed by atoms with van der Waals surface area (Å²) in [6, 6.07) is 10.5. The van der Waals surface area contributed by atoms with Crippen molar-refractivity contribution in [3.63, 3.8) is 0 Å². The van der Waals surface area contributed by atoms with Gasteiger partial charge in [0.25, 0.3) is 11.8 Å². The minimum atomic E-state index is -0.239. The molecule has 2 aromatic rings. The van der Waals surface area contributed by atoms with Gasteiger partial charge in [0.05, 0.1) is 5.56 Å². The molecule has 140 valence electrons. The first-order valence-corrected chi connectivity index (χ1v) is 9.78. The molecule has 2 saturated carbocycles. The van der Waals surface area contributed by atoms with Gasteiger partial charge >= 0.3 is 0 Å². The number of nitrogens with zero attached hydrogens (tertiary/aromatic N) is 1. The molecule has 2 amide bonds. The second kappa shape index (κ2) is 7.91. The predicted molar refractivity (Wildman–Crippen MR) is 105 cm³/mol. The van der Waals surface area contributed by atoms with E-state index in [-0.39, 0.29) is 11.8 Å². The molecule has 0 saturated heterocycles. The zero-order valence-electron chi connectivity index (χ0n) is 15.4. The third kappa shape index (κ3) is 4.18. The molecule has 5 nitrogen and oxygen atoms in total. The van der Waals surface area contributed by atoms with Gasteiger partial charge in [-0.05, 0) is 73.8 Å². The summed E-state index contributed by atoms with van der Waals surface area (Å²) in [7, 11) is 0. The van der Waals surface area contributed by atoms with Crippen molar-refractivity contribution >= 4 is 17.5 Å². The summed E-state index contributed by atoms with van der Waals surface area (Å²) >= 11 is 0. The second-order valence-electron chi connectivity index (χ2n) is 7.76. The predicted octanol–water partition coefficient (Wildman–Crippen LogP) is 3.89. The summed E-state index contributed by atoms with van der Waals surface area (Å²) in [5, 5.41) is 5.85. The van der Waals surface area contributed by atoms with Gasteiger partial charge in [-0.1, -0.05) is 12.5 Å². The maximum absolute atomic E-state index is 12.5. The van der Waals surface area contributed by atoms with Crippen molar-refractivity contribution in [3.05, 3.63) is 59.9 Å². The van der Waals surface area contributed by atoms with Crippen LogP contribution in [-0.4, -0.2) is 23.3 Å². The third-order valence-electron chi connectivity index (χ3n) is 5.99. The van der Waals surface area contributed by atoms with Crippen LogP contribution in [0.3, 0.4) is 0 Å². The van der Waals surface area contributed by atoms with Crippen LogP contribution in [0.15, 0.2) is 48.8 Å². The van der Waals surface area contributed by atoms with Crippen molar-refractivity contribution < 1.29 is 9.59 Å². The van der Waals surface area contributed by atoms with Crippen molar-refractivity contribution in [1.82, 2.24) is 10.3 Å². The maximum Gasteiger partial charge on any atom is 0.257 e. The summed E-state index contributed by atoms with van der Waals surface area (Å²) in [4.78, 5) is 28.6. The van der Waals surface area contributed by atoms with Gasteiger partial charge in [-0.15, -0.1) is 0 Å². The summed E-state index contributed by atoms with van der Waals surface area (Å²) in [5.74, 6) is 2.29. The van der Waals surface area contributed by atoms with Crippen LogP contribution in [0.2, 0.25) is 0 Å². The number of rotatable bonds is 6. The summed E-state index contributed by atoms with van der Waals surface area (Å²) in [6.07, 6.45) is 9.74. The molecule has 3 unspecified atom stereocenters. The molecule has 2 N–H and O–H groups in total. The van der Waals surface area contributed by atoms with E-state index in [0.717, 1.165) is 30.7 Å². The molecule has 0 radical (unpaired) electrons. The highest BCUT2D eigenvalue weighted by atomic mass is 16.2. The SMILES string of the molecule is O=C(NCCC1CC2CCC1C2)c1cccc(NC(=O)c2cccnc2)c1. The molecule has 2 aliphatic carbocycles. The first kappa shape index (κ1) is 17.7. The quantitative estimate of drug-likeness (QED) is 0.818. The second-order valence-corrected chi connectivity index (χ2v) is 7.76. The van der Waals surface area contributed by atoms with E-state index in [0.29, 0.717) is 16.8 Å². The standard InChI is InChI=1S/C22H25N3O2/c26-21(24-10-8-17-12-15-6-7-16(17)11-15)18-3-1-5-20(13-18)25-22(27)19-4-2-9-23-14-19/h1-5,9,13-17H,6-8,10-12H2,(H,24,26)(H,25,27). The number of nitrogens with one attached hydrogen (secondary N) is 2. The number of pyridine rings is 1. The summed E-state index contributed by atoms with van der Waals surface area (Å²) < 4.78 is 0. The Hall–Kier alpha value is -2.69. The molecule has 0 spiro atoms. The molecule has 0 aliphatic heterocycles. The number of carbonyl (C=O) groups excluding carboxylic acids is 2. The third-order valence-corrected chi connectivity index (χ3v) is 5.99. The molecule has 1 aromatic heterocycles. The first-order valence-electron chi connectivity index (χ1n) is 9.78. The highest BCUT2D eigenvalue weighted by molar-refractivity contribution is 6.04. The molecule has 5 heteroatoms. The van der Waals surface area contributed by atoms with Crippen LogP contribution in [-0.2, 0) is 0 Å². The van der Waals surface area contributed by atoms with E-state index >= 15 is 0 Å². The normalized spacial score (nSPS) is 23.2. The Kier molecular flexibility index (Phi) is 5.19. The van der Waals surface area contributed by atoms with Gasteiger partial charge in [-0.3, -0.25) is 14.6 Å². The maximum atomic E-state index is 12.5. The average Bonchev–Trinajstić information content (AvgIpc) is 3.32. The monoisotopic (exact) mass is 363 g/mol. The van der Waals surface area contributed by atoms with E-state index in [1.165, 1.54) is 31.9 Å². The zero-order valence-corrected chi connectivity index (χ0v) is 15.4. The lowest BCUT2D eigenvalue weighted by molar-refractivity contribution is 0.0948. The summed E-state index contributed by atoms with van der Waals surface area (Å²) in [5.41, 5.74) is 1.65. The molecule has 3 atom stereocenters. The van der Waals surface area contributed by atoms with Crippen LogP contribution >= 0.6 is 0 Å². The number of hydrogen-bond acceptors (Lipinski definition) is 3. The minimum Gasteiger partial charge on any atom is -0.352 e. The number of hydrogen-bond donors (Lipinski definition) is 2. The Morgan fingerprint density at radius 3 is 2.67 bits per heavy atom. The molecule has 1 heterocycles. The van der Waals surface area contributed by atoms with Crippen molar-refractivity contribution in [1.29, 1.82) is 0 Å². The minimum absolute atomic E-state index is 0.0874. The topological polar surface area (TPSA) is 71.1 Å².